The molecule has 0 radical (unpaired) electrons. The number of aromatic nitrogens is 1. The zero-order valence-electron chi connectivity index (χ0n) is 14.7. The minimum atomic E-state index is -0.533. The predicted molar refractivity (Wildman–Crippen MR) is 94.7 cm³/mol. The Balaban J connectivity index is 2.21. The number of pyridine rings is 1. The summed E-state index contributed by atoms with van der Waals surface area (Å²) in [4.78, 5) is 18.4. The summed E-state index contributed by atoms with van der Waals surface area (Å²) in [6.07, 6.45) is 4.66. The minimum Gasteiger partial charge on any atom is -0.444 e. The van der Waals surface area contributed by atoms with Gasteiger partial charge in [-0.2, -0.15) is 0 Å². The van der Waals surface area contributed by atoms with Crippen LogP contribution in [0.2, 0.25) is 0 Å². The molecule has 1 aromatic heterocycles. The number of fused-ring (bicyclic) bond motifs is 1. The normalized spacial score (nSPS) is 11.5. The summed E-state index contributed by atoms with van der Waals surface area (Å²) >= 11 is 0. The molecule has 1 aromatic carbocycles. The molecule has 0 saturated carbocycles. The molecule has 24 heavy (non-hydrogen) atoms. The van der Waals surface area contributed by atoms with Crippen LogP contribution in [0.4, 0.5) is 4.79 Å². The molecule has 0 aliphatic heterocycles. The highest BCUT2D eigenvalue weighted by Crippen LogP contribution is 2.20. The first kappa shape index (κ1) is 18.2. The average Bonchev–Trinajstić information content (AvgIpc) is 2.52. The maximum absolute atomic E-state index is 12.5. The van der Waals surface area contributed by atoms with Crippen LogP contribution >= 0.6 is 0 Å². The second kappa shape index (κ2) is 8.11. The SMILES string of the molecule is CC(C)(C)OC(=O)N(CCCCO)Cc1cccc2cnccc12. The van der Waals surface area contributed by atoms with Gasteiger partial charge in [0.1, 0.15) is 5.60 Å². The average molecular weight is 330 g/mol. The van der Waals surface area contributed by atoms with Crippen molar-refractivity contribution in [1.29, 1.82) is 0 Å². The van der Waals surface area contributed by atoms with E-state index in [4.69, 9.17) is 9.84 Å². The first-order valence-corrected chi connectivity index (χ1v) is 8.31. The van der Waals surface area contributed by atoms with Crippen LogP contribution in [-0.4, -0.2) is 39.8 Å². The van der Waals surface area contributed by atoms with Crippen molar-refractivity contribution in [3.05, 3.63) is 42.2 Å². The van der Waals surface area contributed by atoms with Gasteiger partial charge in [0.15, 0.2) is 0 Å². The second-order valence-electron chi connectivity index (χ2n) is 6.85. The van der Waals surface area contributed by atoms with Crippen LogP contribution in [0, 0.1) is 0 Å². The van der Waals surface area contributed by atoms with Crippen molar-refractivity contribution in [3.63, 3.8) is 0 Å². The molecule has 1 N–H and O–H groups in total. The van der Waals surface area contributed by atoms with E-state index in [0.29, 0.717) is 19.5 Å². The standard InChI is InChI=1S/C19H26N2O3/c1-19(2,3)24-18(23)21(11-4-5-12-22)14-16-8-6-7-15-13-20-10-9-17(15)16/h6-10,13,22H,4-5,11-12,14H2,1-3H3. The maximum atomic E-state index is 12.5. The third kappa shape index (κ3) is 5.20. The number of carbonyl (C=O) groups is 1. The zero-order valence-corrected chi connectivity index (χ0v) is 14.7. The van der Waals surface area contributed by atoms with Gasteiger partial charge in [0.05, 0.1) is 0 Å². The molecule has 0 bridgehead atoms. The molecule has 5 heteroatoms. The largest absolute Gasteiger partial charge is 0.444 e. The van der Waals surface area contributed by atoms with Crippen LogP contribution in [0.15, 0.2) is 36.7 Å². The number of aliphatic hydroxyl groups excluding tert-OH is 1. The lowest BCUT2D eigenvalue weighted by atomic mass is 10.1. The van der Waals surface area contributed by atoms with Crippen LogP contribution in [0.5, 0.6) is 0 Å². The van der Waals surface area contributed by atoms with Crippen molar-refractivity contribution in [2.75, 3.05) is 13.2 Å². The van der Waals surface area contributed by atoms with Gasteiger partial charge in [0, 0.05) is 37.5 Å². The fraction of sp³-hybridized carbons (Fsp3) is 0.474. The molecule has 0 unspecified atom stereocenters. The molecule has 130 valence electrons. The molecular formula is C19H26N2O3. The van der Waals surface area contributed by atoms with Gasteiger partial charge in [-0.15, -0.1) is 0 Å². The molecule has 0 atom stereocenters. The quantitative estimate of drug-likeness (QED) is 0.820. The Morgan fingerprint density at radius 2 is 2.04 bits per heavy atom. The van der Waals surface area contributed by atoms with E-state index < -0.39 is 5.60 Å². The molecule has 2 rings (SSSR count). The first-order chi connectivity index (χ1) is 11.4. The highest BCUT2D eigenvalue weighted by Gasteiger charge is 2.22. The van der Waals surface area contributed by atoms with Crippen molar-refractivity contribution >= 4 is 16.9 Å². The number of hydrogen-bond acceptors (Lipinski definition) is 4. The number of benzene rings is 1. The van der Waals surface area contributed by atoms with Gasteiger partial charge in [-0.3, -0.25) is 4.98 Å². The van der Waals surface area contributed by atoms with Gasteiger partial charge in [0.2, 0.25) is 0 Å². The number of unbranched alkanes of at least 4 members (excludes halogenated alkanes) is 1. The molecular weight excluding hydrogens is 304 g/mol. The van der Waals surface area contributed by atoms with E-state index >= 15 is 0 Å². The van der Waals surface area contributed by atoms with Crippen LogP contribution in [-0.2, 0) is 11.3 Å². The molecule has 0 saturated heterocycles. The molecule has 2 aromatic rings. The Kier molecular flexibility index (Phi) is 6.15. The highest BCUT2D eigenvalue weighted by molar-refractivity contribution is 5.85. The lowest BCUT2D eigenvalue weighted by Gasteiger charge is -2.28. The van der Waals surface area contributed by atoms with Crippen molar-refractivity contribution in [2.45, 2.75) is 45.8 Å². The topological polar surface area (TPSA) is 62.7 Å². The summed E-state index contributed by atoms with van der Waals surface area (Å²) in [5.41, 5.74) is 0.527. The van der Waals surface area contributed by atoms with Gasteiger partial charge in [-0.25, -0.2) is 4.79 Å². The van der Waals surface area contributed by atoms with Crippen molar-refractivity contribution in [2.24, 2.45) is 0 Å². The molecule has 0 aliphatic rings. The molecule has 0 fully saturated rings. The number of aliphatic hydroxyl groups is 1. The molecule has 1 heterocycles. The number of nitrogens with zero attached hydrogens (tertiary/aromatic N) is 2. The fourth-order valence-electron chi connectivity index (χ4n) is 2.51. The number of ether oxygens (including phenoxy) is 1. The number of rotatable bonds is 6. The number of amides is 1. The van der Waals surface area contributed by atoms with Crippen LogP contribution in [0.3, 0.4) is 0 Å². The Hall–Kier alpha value is -2.14. The summed E-state index contributed by atoms with van der Waals surface area (Å²) in [5, 5.41) is 11.1. The van der Waals surface area contributed by atoms with Crippen molar-refractivity contribution in [1.82, 2.24) is 9.88 Å². The lowest BCUT2D eigenvalue weighted by molar-refractivity contribution is 0.0229. The van der Waals surface area contributed by atoms with Crippen LogP contribution in [0.1, 0.15) is 39.2 Å². The smallest absolute Gasteiger partial charge is 0.410 e. The fourth-order valence-corrected chi connectivity index (χ4v) is 2.51. The van der Waals surface area contributed by atoms with E-state index in [0.717, 1.165) is 22.8 Å². The van der Waals surface area contributed by atoms with E-state index in [1.165, 1.54) is 0 Å². The monoisotopic (exact) mass is 330 g/mol. The summed E-state index contributed by atoms with van der Waals surface area (Å²) in [6, 6.07) is 7.97. The van der Waals surface area contributed by atoms with Gasteiger partial charge in [-0.05, 0) is 50.6 Å². The van der Waals surface area contributed by atoms with Crippen LogP contribution < -0.4 is 0 Å². The Morgan fingerprint density at radius 3 is 2.75 bits per heavy atom. The second-order valence-corrected chi connectivity index (χ2v) is 6.85. The summed E-state index contributed by atoms with van der Waals surface area (Å²) < 4.78 is 5.53. The summed E-state index contributed by atoms with van der Waals surface area (Å²) in [5.74, 6) is 0. The van der Waals surface area contributed by atoms with E-state index in [1.807, 2.05) is 51.2 Å². The molecule has 0 aliphatic carbocycles. The van der Waals surface area contributed by atoms with Crippen molar-refractivity contribution in [3.8, 4) is 0 Å². The number of carbonyl (C=O) groups excluding carboxylic acids is 1. The third-order valence-corrected chi connectivity index (χ3v) is 3.62. The van der Waals surface area contributed by atoms with E-state index in [-0.39, 0.29) is 12.7 Å². The van der Waals surface area contributed by atoms with Gasteiger partial charge in [0.25, 0.3) is 0 Å². The van der Waals surface area contributed by atoms with E-state index in [2.05, 4.69) is 4.98 Å². The molecule has 0 spiro atoms. The molecule has 5 nitrogen and oxygen atoms in total. The van der Waals surface area contributed by atoms with Gasteiger partial charge >= 0.3 is 6.09 Å². The lowest BCUT2D eigenvalue weighted by Crippen LogP contribution is -2.37. The Bertz CT molecular complexity index is 674. The minimum absolute atomic E-state index is 0.127. The summed E-state index contributed by atoms with van der Waals surface area (Å²) in [6.45, 7) is 6.74. The number of hydrogen-bond donors (Lipinski definition) is 1. The van der Waals surface area contributed by atoms with Crippen molar-refractivity contribution < 1.29 is 14.6 Å². The van der Waals surface area contributed by atoms with Crippen LogP contribution in [0.25, 0.3) is 10.8 Å². The molecule has 1 amide bonds. The zero-order chi connectivity index (χ0) is 17.6. The first-order valence-electron chi connectivity index (χ1n) is 8.31. The predicted octanol–water partition coefficient (Wildman–Crippen LogP) is 3.74. The Labute approximate surface area is 143 Å². The Morgan fingerprint density at radius 1 is 1.25 bits per heavy atom. The van der Waals surface area contributed by atoms with E-state index in [1.54, 1.807) is 11.1 Å². The summed E-state index contributed by atoms with van der Waals surface area (Å²) in [7, 11) is 0. The third-order valence-electron chi connectivity index (χ3n) is 3.62. The maximum Gasteiger partial charge on any atom is 0.410 e. The van der Waals surface area contributed by atoms with Gasteiger partial charge < -0.3 is 14.7 Å². The van der Waals surface area contributed by atoms with Gasteiger partial charge in [-0.1, -0.05) is 18.2 Å². The highest BCUT2D eigenvalue weighted by atomic mass is 16.6. The van der Waals surface area contributed by atoms with E-state index in [9.17, 15) is 4.79 Å².